The van der Waals surface area contributed by atoms with Gasteiger partial charge in [-0.25, -0.2) is 0 Å². The third-order valence-electron chi connectivity index (χ3n) is 8.77. The Morgan fingerprint density at radius 1 is 0.571 bits per heavy atom. The summed E-state index contributed by atoms with van der Waals surface area (Å²) in [7, 11) is 0. The Balaban J connectivity index is 1.57. The van der Waals surface area contributed by atoms with E-state index in [1.165, 1.54) is 0 Å². The molecule has 218 valence electrons. The van der Waals surface area contributed by atoms with Crippen LogP contribution in [-0.2, 0) is 9.59 Å². The van der Waals surface area contributed by atoms with Crippen LogP contribution >= 0.6 is 0 Å². The Hall–Kier alpha value is -4.06. The van der Waals surface area contributed by atoms with Crippen LogP contribution in [0.3, 0.4) is 0 Å². The Morgan fingerprint density at radius 3 is 1.36 bits per heavy atom. The summed E-state index contributed by atoms with van der Waals surface area (Å²) in [5, 5.41) is 1.98. The average Bonchev–Trinajstić information content (AvgIpc) is 3.69. The molecule has 4 heterocycles. The second kappa shape index (κ2) is 11.7. The number of rotatable bonds is 12. The van der Waals surface area contributed by atoms with Gasteiger partial charge in [0.2, 0.25) is 0 Å². The standard InChI is InChI=1S/C36H40N2O4/c1-5-7-9-15-21-37-31(33-23(3)25-17-11-13-19-27(25)41-33)29-30(35(37)39)32(38(36(29)40)22-16-10-8-6-2)34-24(4)26-18-12-14-20-28(26)42-34/h11-14,17-20H,5-10,15-16,21-22H2,1-4H3. The lowest BCUT2D eigenvalue weighted by atomic mass is 10.0. The Kier molecular flexibility index (Phi) is 7.80. The van der Waals surface area contributed by atoms with Crippen LogP contribution in [0, 0.1) is 13.8 Å². The normalized spacial score (nSPS) is 15.4. The highest BCUT2D eigenvalue weighted by atomic mass is 16.3. The lowest BCUT2D eigenvalue weighted by Crippen LogP contribution is -2.31. The van der Waals surface area contributed by atoms with Gasteiger partial charge in [0.25, 0.3) is 11.8 Å². The van der Waals surface area contributed by atoms with Crippen LogP contribution < -0.4 is 0 Å². The highest BCUT2D eigenvalue weighted by molar-refractivity contribution is 6.30. The Bertz CT molecular complexity index is 1610. The highest BCUT2D eigenvalue weighted by Crippen LogP contribution is 2.49. The molecule has 2 aromatic heterocycles. The Labute approximate surface area is 247 Å². The molecular weight excluding hydrogens is 524 g/mol. The predicted molar refractivity (Wildman–Crippen MR) is 167 cm³/mol. The van der Waals surface area contributed by atoms with Gasteiger partial charge in [-0.15, -0.1) is 0 Å². The number of fused-ring (bicyclic) bond motifs is 3. The molecule has 0 saturated carbocycles. The van der Waals surface area contributed by atoms with Crippen molar-refractivity contribution in [3.8, 4) is 0 Å². The van der Waals surface area contributed by atoms with Gasteiger partial charge in [0.1, 0.15) is 22.6 Å². The van der Waals surface area contributed by atoms with E-state index in [-0.39, 0.29) is 11.8 Å². The fourth-order valence-electron chi connectivity index (χ4n) is 6.49. The molecule has 4 aromatic rings. The highest BCUT2D eigenvalue weighted by Gasteiger charge is 2.50. The molecule has 0 unspecified atom stereocenters. The minimum absolute atomic E-state index is 0.143. The van der Waals surface area contributed by atoms with Crippen LogP contribution in [-0.4, -0.2) is 34.7 Å². The van der Waals surface area contributed by atoms with Crippen LogP contribution in [0.4, 0.5) is 0 Å². The van der Waals surface area contributed by atoms with Gasteiger partial charge < -0.3 is 18.6 Å². The number of carbonyl (C=O) groups is 2. The molecule has 0 bridgehead atoms. The number of unbranched alkanes of at least 4 members (excludes halogenated alkanes) is 6. The van der Waals surface area contributed by atoms with Crippen molar-refractivity contribution in [1.82, 2.24) is 9.80 Å². The van der Waals surface area contributed by atoms with Gasteiger partial charge in [-0.05, 0) is 38.8 Å². The van der Waals surface area contributed by atoms with E-state index in [2.05, 4.69) is 13.8 Å². The molecule has 42 heavy (non-hydrogen) atoms. The molecule has 6 rings (SSSR count). The lowest BCUT2D eigenvalue weighted by molar-refractivity contribution is -0.124. The zero-order valence-corrected chi connectivity index (χ0v) is 25.2. The zero-order chi connectivity index (χ0) is 29.4. The number of amides is 2. The third-order valence-corrected chi connectivity index (χ3v) is 8.77. The summed E-state index contributed by atoms with van der Waals surface area (Å²) in [5.74, 6) is 0.921. The number of nitrogens with zero attached hydrogens (tertiary/aromatic N) is 2. The van der Waals surface area contributed by atoms with E-state index in [0.29, 0.717) is 47.2 Å². The number of hydrogen-bond donors (Lipinski definition) is 0. The van der Waals surface area contributed by atoms with Crippen LogP contribution in [0.5, 0.6) is 0 Å². The molecule has 2 aromatic carbocycles. The van der Waals surface area contributed by atoms with Crippen molar-refractivity contribution < 1.29 is 18.4 Å². The summed E-state index contributed by atoms with van der Waals surface area (Å²) in [6.45, 7) is 9.46. The van der Waals surface area contributed by atoms with E-state index < -0.39 is 0 Å². The molecule has 0 aliphatic carbocycles. The molecular formula is C36H40N2O4. The first kappa shape index (κ1) is 28.1. The summed E-state index contributed by atoms with van der Waals surface area (Å²) in [4.78, 5) is 32.6. The van der Waals surface area contributed by atoms with E-state index >= 15 is 0 Å². The van der Waals surface area contributed by atoms with Crippen molar-refractivity contribution in [2.75, 3.05) is 13.1 Å². The number of para-hydroxylation sites is 2. The lowest BCUT2D eigenvalue weighted by Gasteiger charge is -2.24. The van der Waals surface area contributed by atoms with E-state index in [1.807, 2.05) is 62.4 Å². The smallest absolute Gasteiger partial charge is 0.261 e. The monoisotopic (exact) mass is 564 g/mol. The van der Waals surface area contributed by atoms with Crippen LogP contribution in [0.15, 0.2) is 68.5 Å². The van der Waals surface area contributed by atoms with Gasteiger partial charge in [0, 0.05) is 35.0 Å². The van der Waals surface area contributed by atoms with E-state index in [0.717, 1.165) is 84.4 Å². The van der Waals surface area contributed by atoms with Gasteiger partial charge in [-0.3, -0.25) is 9.59 Å². The van der Waals surface area contributed by atoms with Gasteiger partial charge in [0.05, 0.1) is 11.1 Å². The largest absolute Gasteiger partial charge is 0.454 e. The maximum atomic E-state index is 14.5. The second-order valence-electron chi connectivity index (χ2n) is 11.6. The first-order valence-electron chi connectivity index (χ1n) is 15.6. The average molecular weight is 565 g/mol. The maximum absolute atomic E-state index is 14.5. The first-order valence-corrected chi connectivity index (χ1v) is 15.6. The molecule has 2 amide bonds. The summed E-state index contributed by atoms with van der Waals surface area (Å²) in [6.07, 6.45) is 8.19. The first-order chi connectivity index (χ1) is 20.5. The number of carbonyl (C=O) groups excluding carboxylic acids is 2. The van der Waals surface area contributed by atoms with Crippen molar-refractivity contribution in [3.63, 3.8) is 0 Å². The number of benzene rings is 2. The van der Waals surface area contributed by atoms with Crippen molar-refractivity contribution in [1.29, 1.82) is 0 Å². The third kappa shape index (κ3) is 4.57. The molecule has 0 saturated heterocycles. The molecule has 0 spiro atoms. The Morgan fingerprint density at radius 2 is 0.976 bits per heavy atom. The maximum Gasteiger partial charge on any atom is 0.261 e. The van der Waals surface area contributed by atoms with Gasteiger partial charge >= 0.3 is 0 Å². The van der Waals surface area contributed by atoms with Crippen LogP contribution in [0.25, 0.3) is 33.3 Å². The van der Waals surface area contributed by atoms with Crippen molar-refractivity contribution in [2.24, 2.45) is 0 Å². The predicted octanol–water partition coefficient (Wildman–Crippen LogP) is 8.76. The number of aryl methyl sites for hydroxylation is 2. The summed E-state index contributed by atoms with van der Waals surface area (Å²) in [5.41, 5.74) is 5.49. The number of furan rings is 2. The summed E-state index contributed by atoms with van der Waals surface area (Å²) in [6, 6.07) is 15.8. The quantitative estimate of drug-likeness (QED) is 0.161. The molecule has 2 aliphatic rings. The number of hydrogen-bond acceptors (Lipinski definition) is 4. The van der Waals surface area contributed by atoms with Crippen LogP contribution in [0.1, 0.15) is 87.9 Å². The van der Waals surface area contributed by atoms with E-state index in [9.17, 15) is 9.59 Å². The van der Waals surface area contributed by atoms with Crippen molar-refractivity contribution >= 4 is 45.1 Å². The molecule has 2 aliphatic heterocycles. The topological polar surface area (TPSA) is 66.9 Å². The van der Waals surface area contributed by atoms with Gasteiger partial charge in [0.15, 0.2) is 11.5 Å². The minimum atomic E-state index is -0.143. The van der Waals surface area contributed by atoms with E-state index in [4.69, 9.17) is 8.83 Å². The van der Waals surface area contributed by atoms with Gasteiger partial charge in [-0.1, -0.05) is 88.8 Å². The summed E-state index contributed by atoms with van der Waals surface area (Å²) < 4.78 is 12.9. The molecule has 6 nitrogen and oxygen atoms in total. The summed E-state index contributed by atoms with van der Waals surface area (Å²) >= 11 is 0. The second-order valence-corrected chi connectivity index (χ2v) is 11.6. The molecule has 0 N–H and O–H groups in total. The van der Waals surface area contributed by atoms with Crippen molar-refractivity contribution in [2.45, 2.75) is 79.1 Å². The minimum Gasteiger partial charge on any atom is -0.454 e. The zero-order valence-electron chi connectivity index (χ0n) is 25.2. The molecule has 6 heteroatoms. The fourth-order valence-corrected chi connectivity index (χ4v) is 6.49. The SMILES string of the molecule is CCCCCCN1C(=O)C2=C(c3oc4ccccc4c3C)N(CCCCCC)C(=O)C2=C1c1oc2ccccc2c1C. The molecule has 0 fully saturated rings. The van der Waals surface area contributed by atoms with Gasteiger partial charge in [-0.2, -0.15) is 0 Å². The molecule has 0 atom stereocenters. The fraction of sp³-hybridized carbons (Fsp3) is 0.389. The van der Waals surface area contributed by atoms with Crippen LogP contribution in [0.2, 0.25) is 0 Å². The van der Waals surface area contributed by atoms with Crippen molar-refractivity contribution in [3.05, 3.63) is 82.3 Å². The molecule has 0 radical (unpaired) electrons. The van der Waals surface area contributed by atoms with E-state index in [1.54, 1.807) is 9.80 Å².